The number of rotatable bonds is 14. The van der Waals surface area contributed by atoms with E-state index >= 15 is 0 Å². The van der Waals surface area contributed by atoms with Crippen LogP contribution in [0.25, 0.3) is 0 Å². The van der Waals surface area contributed by atoms with Crippen molar-refractivity contribution in [1.29, 1.82) is 10.8 Å². The molecule has 0 unspecified atom stereocenters. The third-order valence-electron chi connectivity index (χ3n) is 8.63. The van der Waals surface area contributed by atoms with E-state index in [1.165, 1.54) is 5.56 Å². The molecule has 3 aromatic rings. The van der Waals surface area contributed by atoms with Crippen LogP contribution in [0.5, 0.6) is 0 Å². The molecule has 7 N–H and O–H groups in total. The van der Waals surface area contributed by atoms with Crippen molar-refractivity contribution >= 4 is 35.5 Å². The van der Waals surface area contributed by atoms with Crippen LogP contribution in [-0.2, 0) is 32.0 Å². The van der Waals surface area contributed by atoms with Gasteiger partial charge in [-0.3, -0.25) is 31.0 Å². The van der Waals surface area contributed by atoms with Crippen LogP contribution in [0, 0.1) is 16.7 Å². The van der Waals surface area contributed by atoms with Crippen molar-refractivity contribution in [2.75, 3.05) is 13.2 Å². The fraction of sp³-hybridized carbons (Fsp3) is 0.400. The second-order valence-electron chi connectivity index (χ2n) is 12.7. The summed E-state index contributed by atoms with van der Waals surface area (Å²) < 4.78 is 9.74. The number of benzene rings is 3. The SMILES string of the molecule is CCCOC(=O)NC(=N)c1ccc(CCC(=O)[C@H](C)NC(=O)[C@@H]2CC[C@@H](c3ccccc3)C2)cc1.CCCOC(=O)NC(=N)c1ccc(CN)cc1. The number of nitrogens with one attached hydrogen (secondary N) is 5. The highest BCUT2D eigenvalue weighted by molar-refractivity contribution is 6.05. The fourth-order valence-electron chi connectivity index (χ4n) is 5.60. The number of hydrogen-bond donors (Lipinski definition) is 6. The zero-order valence-electron chi connectivity index (χ0n) is 30.3. The zero-order chi connectivity index (χ0) is 37.9. The van der Waals surface area contributed by atoms with Gasteiger partial charge in [0.05, 0.1) is 19.3 Å². The highest BCUT2D eigenvalue weighted by atomic mass is 16.6. The molecule has 278 valence electrons. The minimum atomic E-state index is -0.643. The summed E-state index contributed by atoms with van der Waals surface area (Å²) in [7, 11) is 0. The van der Waals surface area contributed by atoms with Gasteiger partial charge >= 0.3 is 12.2 Å². The van der Waals surface area contributed by atoms with Gasteiger partial charge in [0.25, 0.3) is 0 Å². The number of carbonyl (C=O) groups excluding carboxylic acids is 4. The molecule has 0 radical (unpaired) electrons. The van der Waals surface area contributed by atoms with Gasteiger partial charge in [-0.05, 0) is 68.1 Å². The van der Waals surface area contributed by atoms with Crippen LogP contribution in [0.2, 0.25) is 0 Å². The molecule has 1 aliphatic rings. The molecule has 3 aromatic carbocycles. The maximum absolute atomic E-state index is 12.7. The molecule has 52 heavy (non-hydrogen) atoms. The van der Waals surface area contributed by atoms with E-state index in [1.54, 1.807) is 31.2 Å². The van der Waals surface area contributed by atoms with E-state index in [9.17, 15) is 19.2 Å². The van der Waals surface area contributed by atoms with Crippen LogP contribution in [0.1, 0.15) is 93.0 Å². The average Bonchev–Trinajstić information content (AvgIpc) is 3.67. The molecule has 3 amide bonds. The Hall–Kier alpha value is -5.36. The number of aryl methyl sites for hydroxylation is 1. The summed E-state index contributed by atoms with van der Waals surface area (Å²) in [6, 6.07) is 24.0. The molecule has 0 heterocycles. The van der Waals surface area contributed by atoms with E-state index in [-0.39, 0.29) is 29.3 Å². The van der Waals surface area contributed by atoms with Gasteiger partial charge < -0.3 is 20.5 Å². The van der Waals surface area contributed by atoms with Gasteiger partial charge in [0.15, 0.2) is 5.78 Å². The van der Waals surface area contributed by atoms with Crippen LogP contribution in [0.3, 0.4) is 0 Å². The topological polar surface area (TPSA) is 197 Å². The molecule has 1 saturated carbocycles. The highest BCUT2D eigenvalue weighted by Gasteiger charge is 2.31. The lowest BCUT2D eigenvalue weighted by molar-refractivity contribution is -0.129. The number of Topliss-reactive ketones (excluding diaryl/α,β-unsaturated/α-hetero) is 1. The number of hydrogen-bond acceptors (Lipinski definition) is 9. The van der Waals surface area contributed by atoms with Gasteiger partial charge in [0, 0.05) is 30.0 Å². The first-order valence-corrected chi connectivity index (χ1v) is 17.9. The van der Waals surface area contributed by atoms with Gasteiger partial charge in [-0.2, -0.15) is 0 Å². The van der Waals surface area contributed by atoms with Crippen LogP contribution in [0.15, 0.2) is 78.9 Å². The van der Waals surface area contributed by atoms with Crippen LogP contribution in [-0.4, -0.2) is 54.8 Å². The Morgan fingerprint density at radius 1 is 0.769 bits per heavy atom. The quantitative estimate of drug-likeness (QED) is 0.0827. The summed E-state index contributed by atoms with van der Waals surface area (Å²) in [6.07, 6.45) is 3.75. The van der Waals surface area contributed by atoms with E-state index in [1.807, 2.05) is 56.3 Å². The van der Waals surface area contributed by atoms with Crippen molar-refractivity contribution in [3.8, 4) is 0 Å². The molecule has 0 spiro atoms. The molecular formula is C40H52N6O6. The molecule has 0 aromatic heterocycles. The maximum atomic E-state index is 12.7. The van der Waals surface area contributed by atoms with Crippen LogP contribution in [0.4, 0.5) is 9.59 Å². The third kappa shape index (κ3) is 13.7. The molecule has 0 saturated heterocycles. The Morgan fingerprint density at radius 2 is 1.29 bits per heavy atom. The van der Waals surface area contributed by atoms with E-state index in [4.69, 9.17) is 26.0 Å². The number of carbonyl (C=O) groups is 4. The Kier molecular flexibility index (Phi) is 17.2. The van der Waals surface area contributed by atoms with Gasteiger partial charge in [0.1, 0.15) is 11.7 Å². The summed E-state index contributed by atoms with van der Waals surface area (Å²) >= 11 is 0. The molecule has 4 rings (SSSR count). The predicted octanol–water partition coefficient (Wildman–Crippen LogP) is 6.35. The first kappa shape index (κ1) is 41.1. The third-order valence-corrected chi connectivity index (χ3v) is 8.63. The van der Waals surface area contributed by atoms with Crippen LogP contribution < -0.4 is 21.7 Å². The molecule has 0 aliphatic heterocycles. The lowest BCUT2D eigenvalue weighted by atomic mass is 9.96. The Bertz CT molecular complexity index is 1630. The molecule has 1 fully saturated rings. The van der Waals surface area contributed by atoms with Crippen molar-refractivity contribution in [3.05, 3.63) is 107 Å². The summed E-state index contributed by atoms with van der Waals surface area (Å²) in [4.78, 5) is 48.2. The molecule has 12 heteroatoms. The minimum Gasteiger partial charge on any atom is -0.449 e. The van der Waals surface area contributed by atoms with Gasteiger partial charge in [-0.25, -0.2) is 9.59 Å². The molecule has 1 aliphatic carbocycles. The average molecular weight is 713 g/mol. The first-order valence-electron chi connectivity index (χ1n) is 17.9. The number of ether oxygens (including phenoxy) is 2. The second-order valence-corrected chi connectivity index (χ2v) is 12.7. The number of alkyl carbamates (subject to hydrolysis) is 2. The van der Waals surface area contributed by atoms with Crippen molar-refractivity contribution in [2.45, 2.75) is 84.2 Å². The maximum Gasteiger partial charge on any atom is 0.412 e. The van der Waals surface area contributed by atoms with Crippen molar-refractivity contribution < 1.29 is 28.7 Å². The molecule has 3 atom stereocenters. The summed E-state index contributed by atoms with van der Waals surface area (Å²) in [6.45, 7) is 6.67. The van der Waals surface area contributed by atoms with Gasteiger partial charge in [-0.1, -0.05) is 92.7 Å². The van der Waals surface area contributed by atoms with Crippen molar-refractivity contribution in [2.24, 2.45) is 11.7 Å². The standard InChI is InChI=1S/C28H35N3O4.C12H17N3O2/c1-3-17-35-28(34)31-26(29)22-12-9-20(10-13-22)11-16-25(32)19(2)30-27(33)24-15-14-23(18-24)21-7-5-4-6-8-21;1-2-7-17-12(16)15-11(14)10-5-3-9(8-13)4-6-10/h4-10,12-13,19,23-24H,3,11,14-18H2,1-2H3,(H,30,33)(H2,29,31,34);3-6H,2,7-8,13H2,1H3,(H2,14,15,16)/t19-,23+,24+;/m0./s1. The van der Waals surface area contributed by atoms with E-state index in [0.717, 1.165) is 36.8 Å². The predicted molar refractivity (Wildman–Crippen MR) is 201 cm³/mol. The fourth-order valence-corrected chi connectivity index (χ4v) is 5.60. The summed E-state index contributed by atoms with van der Waals surface area (Å²) in [5.41, 5.74) is 9.85. The monoisotopic (exact) mass is 712 g/mol. The second kappa shape index (κ2) is 21.8. The summed E-state index contributed by atoms with van der Waals surface area (Å²) in [5.74, 6) is 0.303. The number of ketones is 1. The lowest BCUT2D eigenvalue weighted by Crippen LogP contribution is -2.41. The lowest BCUT2D eigenvalue weighted by Gasteiger charge is -2.17. The molecule has 12 nitrogen and oxygen atoms in total. The Balaban J connectivity index is 0.000000359. The van der Waals surface area contributed by atoms with E-state index in [2.05, 4.69) is 28.1 Å². The number of amides is 3. The minimum absolute atomic E-state index is 0.00638. The first-order chi connectivity index (χ1) is 25.0. The van der Waals surface area contributed by atoms with Gasteiger partial charge in [0.2, 0.25) is 5.91 Å². The van der Waals surface area contributed by atoms with Gasteiger partial charge in [-0.15, -0.1) is 0 Å². The molecule has 0 bridgehead atoms. The number of nitrogens with two attached hydrogens (primary N) is 1. The Labute approximate surface area is 306 Å². The van der Waals surface area contributed by atoms with Crippen molar-refractivity contribution in [3.63, 3.8) is 0 Å². The largest absolute Gasteiger partial charge is 0.449 e. The van der Waals surface area contributed by atoms with E-state index < -0.39 is 18.2 Å². The van der Waals surface area contributed by atoms with Crippen LogP contribution >= 0.6 is 0 Å². The normalized spacial score (nSPS) is 15.2. The summed E-state index contributed by atoms with van der Waals surface area (Å²) in [5, 5.41) is 23.3. The smallest absolute Gasteiger partial charge is 0.412 e. The Morgan fingerprint density at radius 3 is 1.79 bits per heavy atom. The molecular weight excluding hydrogens is 660 g/mol. The number of amidine groups is 2. The van der Waals surface area contributed by atoms with Crippen molar-refractivity contribution in [1.82, 2.24) is 16.0 Å². The van der Waals surface area contributed by atoms with E-state index in [0.29, 0.717) is 56.1 Å². The zero-order valence-corrected chi connectivity index (χ0v) is 30.3. The highest BCUT2D eigenvalue weighted by Crippen LogP contribution is 2.38.